The maximum absolute atomic E-state index is 12.4. The van der Waals surface area contributed by atoms with Crippen molar-refractivity contribution in [2.75, 3.05) is 13.6 Å². The van der Waals surface area contributed by atoms with Crippen LogP contribution in [0.4, 0.5) is 0 Å². The van der Waals surface area contributed by atoms with Gasteiger partial charge in [-0.15, -0.1) is 0 Å². The van der Waals surface area contributed by atoms with E-state index in [0.717, 1.165) is 6.42 Å². The summed E-state index contributed by atoms with van der Waals surface area (Å²) in [4.78, 5) is 24.7. The van der Waals surface area contributed by atoms with Gasteiger partial charge in [-0.1, -0.05) is 20.3 Å². The van der Waals surface area contributed by atoms with Crippen molar-refractivity contribution in [2.45, 2.75) is 33.6 Å². The molecule has 1 aromatic rings. The van der Waals surface area contributed by atoms with Crippen molar-refractivity contribution in [3.05, 3.63) is 23.2 Å². The first kappa shape index (κ1) is 15.3. The van der Waals surface area contributed by atoms with E-state index >= 15 is 0 Å². The van der Waals surface area contributed by atoms with E-state index in [1.54, 1.807) is 18.9 Å². The second kappa shape index (κ2) is 6.41. The molecule has 106 valence electrons. The molecule has 1 atom stereocenters. The number of carboxylic acid groups (broad SMARTS) is 1. The van der Waals surface area contributed by atoms with Crippen LogP contribution in [0.2, 0.25) is 0 Å². The Morgan fingerprint density at radius 2 is 2.11 bits per heavy atom. The lowest BCUT2D eigenvalue weighted by Crippen LogP contribution is -2.31. The second-order valence-electron chi connectivity index (χ2n) is 4.99. The molecule has 0 saturated carbocycles. The van der Waals surface area contributed by atoms with E-state index in [9.17, 15) is 9.59 Å². The van der Waals surface area contributed by atoms with E-state index in [-0.39, 0.29) is 18.1 Å². The Morgan fingerprint density at radius 3 is 2.63 bits per heavy atom. The molecule has 0 bridgehead atoms. The van der Waals surface area contributed by atoms with Gasteiger partial charge in [0.25, 0.3) is 5.91 Å². The van der Waals surface area contributed by atoms with Gasteiger partial charge in [0.15, 0.2) is 0 Å². The molecule has 1 N–H and O–H groups in total. The Labute approximate surface area is 113 Å². The largest absolute Gasteiger partial charge is 0.481 e. The van der Waals surface area contributed by atoms with Crippen molar-refractivity contribution in [1.82, 2.24) is 4.90 Å². The van der Waals surface area contributed by atoms with Crippen LogP contribution in [-0.4, -0.2) is 35.5 Å². The quantitative estimate of drug-likeness (QED) is 0.858. The van der Waals surface area contributed by atoms with Gasteiger partial charge in [0.1, 0.15) is 12.2 Å². The van der Waals surface area contributed by atoms with Gasteiger partial charge in [-0.3, -0.25) is 9.59 Å². The van der Waals surface area contributed by atoms with Gasteiger partial charge in [-0.2, -0.15) is 0 Å². The Kier molecular flexibility index (Phi) is 5.15. The molecule has 0 saturated heterocycles. The molecule has 19 heavy (non-hydrogen) atoms. The Morgan fingerprint density at radius 1 is 1.47 bits per heavy atom. The van der Waals surface area contributed by atoms with Crippen LogP contribution >= 0.6 is 0 Å². The first-order chi connectivity index (χ1) is 8.86. The van der Waals surface area contributed by atoms with Crippen molar-refractivity contribution in [3.63, 3.8) is 0 Å². The Bertz CT molecular complexity index is 464. The summed E-state index contributed by atoms with van der Waals surface area (Å²) >= 11 is 0. The minimum absolute atomic E-state index is 0.178. The SMILES string of the molecule is CCC(C)CN(C)C(=O)c1c(C)coc1CC(=O)O. The summed E-state index contributed by atoms with van der Waals surface area (Å²) < 4.78 is 5.18. The zero-order valence-electron chi connectivity index (χ0n) is 11.9. The van der Waals surface area contributed by atoms with Crippen LogP contribution in [0.3, 0.4) is 0 Å². The average Bonchev–Trinajstić information content (AvgIpc) is 2.68. The molecule has 1 amide bonds. The van der Waals surface area contributed by atoms with Crippen LogP contribution < -0.4 is 0 Å². The number of hydrogen-bond acceptors (Lipinski definition) is 3. The smallest absolute Gasteiger partial charge is 0.311 e. The Hall–Kier alpha value is -1.78. The lowest BCUT2D eigenvalue weighted by Gasteiger charge is -2.21. The zero-order valence-corrected chi connectivity index (χ0v) is 11.9. The average molecular weight is 267 g/mol. The summed E-state index contributed by atoms with van der Waals surface area (Å²) in [7, 11) is 1.73. The van der Waals surface area contributed by atoms with Gasteiger partial charge in [-0.25, -0.2) is 0 Å². The lowest BCUT2D eigenvalue weighted by atomic mass is 10.1. The van der Waals surface area contributed by atoms with E-state index in [1.165, 1.54) is 6.26 Å². The fourth-order valence-corrected chi connectivity index (χ4v) is 1.92. The summed E-state index contributed by atoms with van der Waals surface area (Å²) in [5, 5.41) is 8.82. The number of carbonyl (C=O) groups excluding carboxylic acids is 1. The highest BCUT2D eigenvalue weighted by atomic mass is 16.4. The fourth-order valence-electron chi connectivity index (χ4n) is 1.92. The van der Waals surface area contributed by atoms with Gasteiger partial charge in [0.05, 0.1) is 11.8 Å². The van der Waals surface area contributed by atoms with Crippen LogP contribution in [0.25, 0.3) is 0 Å². The number of carbonyl (C=O) groups is 2. The first-order valence-corrected chi connectivity index (χ1v) is 6.41. The standard InChI is InChI=1S/C14H21NO4/c1-5-9(2)7-15(4)14(18)13-10(3)8-19-11(13)6-12(16)17/h8-9H,5-7H2,1-4H3,(H,16,17). The number of amides is 1. The van der Waals surface area contributed by atoms with E-state index in [1.807, 2.05) is 0 Å². The van der Waals surface area contributed by atoms with Crippen LogP contribution in [0.5, 0.6) is 0 Å². The number of furan rings is 1. The molecule has 1 rings (SSSR count). The highest BCUT2D eigenvalue weighted by Gasteiger charge is 2.23. The third-order valence-electron chi connectivity index (χ3n) is 3.21. The highest BCUT2D eigenvalue weighted by molar-refractivity contribution is 5.97. The first-order valence-electron chi connectivity index (χ1n) is 6.41. The Balaban J connectivity index is 2.92. The third-order valence-corrected chi connectivity index (χ3v) is 3.21. The summed E-state index contributed by atoms with van der Waals surface area (Å²) in [6, 6.07) is 0. The van der Waals surface area contributed by atoms with Crippen LogP contribution in [0, 0.1) is 12.8 Å². The molecule has 0 radical (unpaired) electrons. The molecule has 0 aliphatic carbocycles. The fraction of sp³-hybridized carbons (Fsp3) is 0.571. The van der Waals surface area contributed by atoms with Crippen molar-refractivity contribution < 1.29 is 19.1 Å². The predicted octanol–water partition coefficient (Wildman–Crippen LogP) is 2.33. The molecule has 5 nitrogen and oxygen atoms in total. The minimum atomic E-state index is -1.01. The molecule has 1 heterocycles. The molecule has 0 aliphatic heterocycles. The molecular formula is C14H21NO4. The van der Waals surface area contributed by atoms with E-state index < -0.39 is 5.97 Å². The van der Waals surface area contributed by atoms with Crippen LogP contribution in [0.15, 0.2) is 10.7 Å². The van der Waals surface area contributed by atoms with Crippen LogP contribution in [-0.2, 0) is 11.2 Å². The molecule has 1 unspecified atom stereocenters. The molecule has 0 aliphatic rings. The highest BCUT2D eigenvalue weighted by Crippen LogP contribution is 2.20. The number of aryl methyl sites for hydroxylation is 1. The van der Waals surface area contributed by atoms with E-state index in [4.69, 9.17) is 9.52 Å². The van der Waals surface area contributed by atoms with E-state index in [0.29, 0.717) is 23.6 Å². The number of carboxylic acids is 1. The molecule has 0 spiro atoms. The predicted molar refractivity (Wildman–Crippen MR) is 71.2 cm³/mol. The van der Waals surface area contributed by atoms with Gasteiger partial charge in [-0.05, 0) is 12.8 Å². The lowest BCUT2D eigenvalue weighted by molar-refractivity contribution is -0.136. The van der Waals surface area contributed by atoms with Crippen molar-refractivity contribution in [2.24, 2.45) is 5.92 Å². The van der Waals surface area contributed by atoms with E-state index in [2.05, 4.69) is 13.8 Å². The van der Waals surface area contributed by atoms with Crippen molar-refractivity contribution in [1.29, 1.82) is 0 Å². The van der Waals surface area contributed by atoms with Gasteiger partial charge in [0, 0.05) is 19.2 Å². The minimum Gasteiger partial charge on any atom is -0.481 e. The third kappa shape index (κ3) is 3.84. The maximum Gasteiger partial charge on any atom is 0.311 e. The number of aliphatic carboxylic acids is 1. The van der Waals surface area contributed by atoms with Crippen molar-refractivity contribution in [3.8, 4) is 0 Å². The summed E-state index contributed by atoms with van der Waals surface area (Å²) in [6.07, 6.45) is 2.15. The molecule has 5 heteroatoms. The second-order valence-corrected chi connectivity index (χ2v) is 4.99. The van der Waals surface area contributed by atoms with Gasteiger partial charge >= 0.3 is 5.97 Å². The summed E-state index contributed by atoms with van der Waals surface area (Å²) in [6.45, 7) is 6.54. The summed E-state index contributed by atoms with van der Waals surface area (Å²) in [5.41, 5.74) is 1.06. The van der Waals surface area contributed by atoms with Crippen LogP contribution in [0.1, 0.15) is 41.9 Å². The monoisotopic (exact) mass is 267 g/mol. The van der Waals surface area contributed by atoms with Crippen molar-refractivity contribution >= 4 is 11.9 Å². The molecule has 0 aromatic carbocycles. The van der Waals surface area contributed by atoms with Gasteiger partial charge < -0.3 is 14.4 Å². The number of rotatable bonds is 6. The molecular weight excluding hydrogens is 246 g/mol. The maximum atomic E-state index is 12.4. The normalized spacial score (nSPS) is 12.2. The summed E-state index contributed by atoms with van der Waals surface area (Å²) in [5.74, 6) is -0.550. The zero-order chi connectivity index (χ0) is 14.6. The number of nitrogens with zero attached hydrogens (tertiary/aromatic N) is 1. The van der Waals surface area contributed by atoms with Gasteiger partial charge in [0.2, 0.25) is 0 Å². The molecule has 0 fully saturated rings. The molecule has 1 aromatic heterocycles. The topological polar surface area (TPSA) is 70.8 Å². The number of hydrogen-bond donors (Lipinski definition) is 1.